The smallest absolute Gasteiger partial charge is 0.185 e. The maximum absolute atomic E-state index is 16.1. The van der Waals surface area contributed by atoms with E-state index >= 15 is 4.39 Å². The molecule has 2 saturated carbocycles. The number of phenols is 1. The number of rotatable bonds is 6. The van der Waals surface area contributed by atoms with Gasteiger partial charge in [0.15, 0.2) is 17.3 Å². The average molecular weight is 507 g/mol. The number of aromatic hydroxyl groups is 1. The molecular weight excluding hydrogens is 475 g/mol. The van der Waals surface area contributed by atoms with E-state index in [9.17, 15) is 5.11 Å². The van der Waals surface area contributed by atoms with Gasteiger partial charge in [-0.15, -0.1) is 21.5 Å². The molecule has 0 unspecified atom stereocenters. The molecule has 0 radical (unpaired) electrons. The first kappa shape index (κ1) is 24.6. The van der Waals surface area contributed by atoms with Crippen molar-refractivity contribution in [2.75, 3.05) is 4.90 Å². The van der Waals surface area contributed by atoms with Crippen molar-refractivity contribution in [3.8, 4) is 33.8 Å². The molecule has 0 bridgehead atoms. The first-order valence-electron chi connectivity index (χ1n) is 12.7. The second-order valence-corrected chi connectivity index (χ2v) is 11.1. The third kappa shape index (κ3) is 4.79. The zero-order chi connectivity index (χ0) is 25.3. The summed E-state index contributed by atoms with van der Waals surface area (Å²) in [6, 6.07) is 7.21. The third-order valence-corrected chi connectivity index (χ3v) is 8.67. The van der Waals surface area contributed by atoms with Crippen LogP contribution in [0.15, 0.2) is 29.8 Å². The molecule has 2 aromatic heterocycles. The minimum absolute atomic E-state index is 0.0114. The minimum Gasteiger partial charge on any atom is -0.507 e. The summed E-state index contributed by atoms with van der Waals surface area (Å²) in [5, 5.41) is 30.8. The number of benzene rings is 1. The number of nitrogens with zero attached hydrogens (tertiary/aromatic N) is 6. The van der Waals surface area contributed by atoms with E-state index in [1.165, 1.54) is 11.3 Å². The van der Waals surface area contributed by atoms with Crippen LogP contribution in [0, 0.1) is 16.7 Å². The van der Waals surface area contributed by atoms with Gasteiger partial charge in [0.25, 0.3) is 0 Å². The van der Waals surface area contributed by atoms with Crippen LogP contribution in [0.3, 0.4) is 0 Å². The Morgan fingerprint density at radius 1 is 1.22 bits per heavy atom. The number of nitriles is 1. The van der Waals surface area contributed by atoms with Gasteiger partial charge in [0.1, 0.15) is 23.0 Å². The highest BCUT2D eigenvalue weighted by atomic mass is 32.1. The fourth-order valence-electron chi connectivity index (χ4n) is 5.26. The van der Waals surface area contributed by atoms with Gasteiger partial charge in [-0.2, -0.15) is 5.26 Å². The van der Waals surface area contributed by atoms with Crippen molar-refractivity contribution in [3.05, 3.63) is 35.5 Å². The summed E-state index contributed by atoms with van der Waals surface area (Å²) in [6.07, 6.45) is 8.57. The second-order valence-electron chi connectivity index (χ2n) is 10.2. The second kappa shape index (κ2) is 10.1. The van der Waals surface area contributed by atoms with E-state index in [0.29, 0.717) is 33.5 Å². The van der Waals surface area contributed by atoms with E-state index in [1.54, 1.807) is 23.7 Å². The van der Waals surface area contributed by atoms with Gasteiger partial charge in [-0.1, -0.05) is 39.2 Å². The van der Waals surface area contributed by atoms with Gasteiger partial charge >= 0.3 is 0 Å². The van der Waals surface area contributed by atoms with Gasteiger partial charge in [-0.25, -0.2) is 14.4 Å². The van der Waals surface area contributed by atoms with E-state index in [0.717, 1.165) is 51.4 Å². The summed E-state index contributed by atoms with van der Waals surface area (Å²) in [6.45, 7) is 4.19. The van der Waals surface area contributed by atoms with Crippen LogP contribution >= 0.6 is 11.3 Å². The fraction of sp³-hybridized carbons (Fsp3) is 0.519. The molecule has 3 aromatic rings. The standard InChI is InChI=1S/C27H31FN6OS/c1-3-27(2)12-6-4-5-7-21(24(27)28)34(19-9-10-19)23-15-30-25(33-32-23)20-11-8-17(13-22(20)35)26-31-18(14-29)16-36-26/h8,11,13,15-16,19,21,24,35H,3-7,9-10,12H2,1-2H3/t21-,24-,27+/m0/s1. The Labute approximate surface area is 215 Å². The number of aromatic nitrogens is 4. The van der Waals surface area contributed by atoms with Crippen molar-refractivity contribution in [3.63, 3.8) is 0 Å². The molecule has 0 aliphatic heterocycles. The molecule has 2 fully saturated rings. The maximum atomic E-state index is 16.1. The van der Waals surface area contributed by atoms with Crippen molar-refractivity contribution in [1.82, 2.24) is 20.2 Å². The van der Waals surface area contributed by atoms with Crippen molar-refractivity contribution in [2.45, 2.75) is 83.5 Å². The van der Waals surface area contributed by atoms with Gasteiger partial charge < -0.3 is 10.0 Å². The van der Waals surface area contributed by atoms with Crippen LogP contribution in [0.2, 0.25) is 0 Å². The van der Waals surface area contributed by atoms with Crippen molar-refractivity contribution < 1.29 is 9.50 Å². The van der Waals surface area contributed by atoms with Gasteiger partial charge in [0, 0.05) is 22.4 Å². The molecule has 2 heterocycles. The summed E-state index contributed by atoms with van der Waals surface area (Å²) < 4.78 is 16.1. The predicted molar refractivity (Wildman–Crippen MR) is 138 cm³/mol. The minimum atomic E-state index is -0.936. The van der Waals surface area contributed by atoms with E-state index < -0.39 is 6.17 Å². The quantitative estimate of drug-likeness (QED) is 0.419. The lowest BCUT2D eigenvalue weighted by Gasteiger charge is -2.43. The van der Waals surface area contributed by atoms with E-state index in [4.69, 9.17) is 5.26 Å². The highest BCUT2D eigenvalue weighted by Crippen LogP contribution is 2.44. The first-order chi connectivity index (χ1) is 17.4. The van der Waals surface area contributed by atoms with Gasteiger partial charge in [-0.05, 0) is 44.2 Å². The monoisotopic (exact) mass is 506 g/mol. The fourth-order valence-corrected chi connectivity index (χ4v) is 6.01. The molecule has 7 nitrogen and oxygen atoms in total. The summed E-state index contributed by atoms with van der Waals surface area (Å²) in [5.41, 5.74) is 1.18. The van der Waals surface area contributed by atoms with Crippen LogP contribution in [0.1, 0.15) is 70.9 Å². The summed E-state index contributed by atoms with van der Waals surface area (Å²) in [5.74, 6) is 0.927. The number of hydrogen-bond donors (Lipinski definition) is 1. The van der Waals surface area contributed by atoms with E-state index in [2.05, 4.69) is 38.9 Å². The molecule has 3 atom stereocenters. The lowest BCUT2D eigenvalue weighted by atomic mass is 9.72. The summed E-state index contributed by atoms with van der Waals surface area (Å²) >= 11 is 1.34. The lowest BCUT2D eigenvalue weighted by Crippen LogP contribution is -2.50. The molecule has 9 heteroatoms. The lowest BCUT2D eigenvalue weighted by molar-refractivity contribution is 0.0662. The Kier molecular flexibility index (Phi) is 6.89. The first-order valence-corrected chi connectivity index (χ1v) is 13.6. The van der Waals surface area contributed by atoms with E-state index in [1.807, 2.05) is 12.1 Å². The van der Waals surface area contributed by atoms with Crippen molar-refractivity contribution >= 4 is 17.2 Å². The van der Waals surface area contributed by atoms with Gasteiger partial charge in [0.2, 0.25) is 0 Å². The molecule has 0 saturated heterocycles. The van der Waals surface area contributed by atoms with Gasteiger partial charge in [0.05, 0.1) is 17.8 Å². The normalized spacial score (nSPS) is 24.5. The van der Waals surface area contributed by atoms with Crippen LogP contribution in [0.5, 0.6) is 5.75 Å². The molecule has 36 heavy (non-hydrogen) atoms. The Balaban J connectivity index is 1.41. The highest BCUT2D eigenvalue weighted by Gasteiger charge is 2.45. The predicted octanol–water partition coefficient (Wildman–Crippen LogP) is 6.30. The average Bonchev–Trinajstić information content (AvgIpc) is 3.61. The summed E-state index contributed by atoms with van der Waals surface area (Å²) in [7, 11) is 0. The van der Waals surface area contributed by atoms with Crippen LogP contribution in [0.4, 0.5) is 10.2 Å². The largest absolute Gasteiger partial charge is 0.507 e. The van der Waals surface area contributed by atoms with Gasteiger partial charge in [-0.3, -0.25) is 0 Å². The summed E-state index contributed by atoms with van der Waals surface area (Å²) in [4.78, 5) is 10.9. The Hall–Kier alpha value is -3.12. The molecule has 1 aromatic carbocycles. The molecule has 0 amide bonds. The number of thiazole rings is 1. The zero-order valence-corrected chi connectivity index (χ0v) is 21.5. The SMILES string of the molecule is CC[C@]1(C)CCCCC[C@H](N(c2cnc(-c3ccc(-c4nc(C#N)cs4)cc3O)nn2)C2CC2)[C@@H]1F. The molecule has 0 spiro atoms. The van der Waals surface area contributed by atoms with Crippen molar-refractivity contribution in [2.24, 2.45) is 5.41 Å². The van der Waals surface area contributed by atoms with Crippen LogP contribution in [-0.2, 0) is 0 Å². The van der Waals surface area contributed by atoms with Crippen LogP contribution in [0.25, 0.3) is 22.0 Å². The van der Waals surface area contributed by atoms with Crippen LogP contribution < -0.4 is 4.90 Å². The number of halogens is 1. The highest BCUT2D eigenvalue weighted by molar-refractivity contribution is 7.13. The number of alkyl halides is 1. The molecule has 2 aliphatic carbocycles. The number of hydrogen-bond acceptors (Lipinski definition) is 8. The molecular formula is C27H31FN6OS. The van der Waals surface area contributed by atoms with Crippen LogP contribution in [-0.4, -0.2) is 43.5 Å². The Morgan fingerprint density at radius 2 is 2.06 bits per heavy atom. The maximum Gasteiger partial charge on any atom is 0.185 e. The van der Waals surface area contributed by atoms with Crippen molar-refractivity contribution in [1.29, 1.82) is 5.26 Å². The third-order valence-electron chi connectivity index (χ3n) is 7.77. The molecule has 188 valence electrons. The zero-order valence-electron chi connectivity index (χ0n) is 20.7. The number of anilines is 1. The molecule has 1 N–H and O–H groups in total. The Bertz CT molecular complexity index is 1250. The Morgan fingerprint density at radius 3 is 2.69 bits per heavy atom. The number of phenolic OH excluding ortho intramolecular Hbond substituents is 1. The molecule has 2 aliphatic rings. The topological polar surface area (TPSA) is 98.8 Å². The molecule has 5 rings (SSSR count). The van der Waals surface area contributed by atoms with E-state index in [-0.39, 0.29) is 23.2 Å².